The van der Waals surface area contributed by atoms with Crippen LogP contribution in [0.4, 0.5) is 10.2 Å². The molecule has 0 saturated heterocycles. The van der Waals surface area contributed by atoms with E-state index in [1.807, 2.05) is 18.2 Å². The van der Waals surface area contributed by atoms with Crippen LogP contribution in [0.5, 0.6) is 0 Å². The summed E-state index contributed by atoms with van der Waals surface area (Å²) in [6.45, 7) is 2.36. The fourth-order valence-electron chi connectivity index (χ4n) is 3.33. The van der Waals surface area contributed by atoms with Gasteiger partial charge < -0.3 is 20.4 Å². The predicted molar refractivity (Wildman–Crippen MR) is 114 cm³/mol. The topological polar surface area (TPSA) is 112 Å². The third-order valence-electron chi connectivity index (χ3n) is 4.80. The number of aromatic nitrogens is 3. The minimum atomic E-state index is -0.580. The number of anilines is 1. The number of benzene rings is 2. The van der Waals surface area contributed by atoms with Gasteiger partial charge in [-0.2, -0.15) is 0 Å². The van der Waals surface area contributed by atoms with Gasteiger partial charge in [-0.25, -0.2) is 19.2 Å². The number of halogens is 1. The number of amides is 1. The minimum absolute atomic E-state index is 0.153. The summed E-state index contributed by atoms with van der Waals surface area (Å²) >= 11 is 0. The van der Waals surface area contributed by atoms with E-state index >= 15 is 0 Å². The van der Waals surface area contributed by atoms with E-state index in [1.54, 1.807) is 17.6 Å². The molecule has 2 aromatic heterocycles. The van der Waals surface area contributed by atoms with E-state index < -0.39 is 11.8 Å². The second-order valence-corrected chi connectivity index (χ2v) is 6.78. The van der Waals surface area contributed by atoms with E-state index in [4.69, 9.17) is 10.5 Å². The molecule has 31 heavy (non-hydrogen) atoms. The van der Waals surface area contributed by atoms with Crippen molar-refractivity contribution in [1.82, 2.24) is 19.9 Å². The van der Waals surface area contributed by atoms with Crippen molar-refractivity contribution in [2.75, 3.05) is 18.9 Å². The smallest absolute Gasteiger partial charge is 0.344 e. The molecule has 0 unspecified atom stereocenters. The number of esters is 1. The van der Waals surface area contributed by atoms with Crippen molar-refractivity contribution in [3.8, 4) is 0 Å². The van der Waals surface area contributed by atoms with Crippen molar-refractivity contribution in [1.29, 1.82) is 0 Å². The van der Waals surface area contributed by atoms with Gasteiger partial charge in [0, 0.05) is 18.7 Å². The molecule has 0 atom stereocenters. The van der Waals surface area contributed by atoms with Crippen molar-refractivity contribution in [3.05, 3.63) is 65.5 Å². The average Bonchev–Trinajstić information content (AvgIpc) is 3.03. The fraction of sp³-hybridized carbons (Fsp3) is 0.182. The van der Waals surface area contributed by atoms with Gasteiger partial charge in [0.05, 0.1) is 17.6 Å². The van der Waals surface area contributed by atoms with Crippen LogP contribution in [0.25, 0.3) is 22.2 Å². The zero-order chi connectivity index (χ0) is 22.0. The normalized spacial score (nSPS) is 11.0. The molecule has 0 aliphatic heterocycles. The maximum atomic E-state index is 13.1. The quantitative estimate of drug-likeness (QED) is 0.463. The zero-order valence-electron chi connectivity index (χ0n) is 16.8. The molecule has 1 amide bonds. The van der Waals surface area contributed by atoms with Gasteiger partial charge >= 0.3 is 5.97 Å². The highest BCUT2D eigenvalue weighted by Gasteiger charge is 2.24. The van der Waals surface area contributed by atoms with E-state index in [9.17, 15) is 14.0 Å². The predicted octanol–water partition coefficient (Wildman–Crippen LogP) is 2.91. The number of carbonyl (C=O) groups excluding carboxylic acids is 2. The standard InChI is InChI=1S/C22H20FN5O3/c1-2-31-22(30)17-18-20(27-16-6-4-3-5-15(16)26-18)28(19(17)24)12-11-25-21(29)13-7-9-14(23)10-8-13/h3-10H,2,11-12,24H2,1H3,(H,25,29). The fourth-order valence-corrected chi connectivity index (χ4v) is 3.33. The Balaban J connectivity index is 1.66. The van der Waals surface area contributed by atoms with E-state index in [-0.39, 0.29) is 37.0 Å². The second-order valence-electron chi connectivity index (χ2n) is 6.78. The maximum absolute atomic E-state index is 13.1. The Labute approximate surface area is 176 Å². The second kappa shape index (κ2) is 8.39. The Morgan fingerprint density at radius 1 is 1.10 bits per heavy atom. The van der Waals surface area contributed by atoms with Crippen molar-refractivity contribution in [2.24, 2.45) is 0 Å². The number of fused-ring (bicyclic) bond motifs is 2. The molecule has 2 heterocycles. The molecular weight excluding hydrogens is 401 g/mol. The Bertz CT molecular complexity index is 1280. The lowest BCUT2D eigenvalue weighted by atomic mass is 10.2. The summed E-state index contributed by atoms with van der Waals surface area (Å²) in [5.74, 6) is -1.18. The molecule has 8 nitrogen and oxygen atoms in total. The van der Waals surface area contributed by atoms with Crippen molar-refractivity contribution < 1.29 is 18.7 Å². The molecule has 0 spiro atoms. The first-order chi connectivity index (χ1) is 15.0. The summed E-state index contributed by atoms with van der Waals surface area (Å²) in [6.07, 6.45) is 0. The lowest BCUT2D eigenvalue weighted by molar-refractivity contribution is 0.0529. The van der Waals surface area contributed by atoms with Gasteiger partial charge in [-0.3, -0.25) is 4.79 Å². The minimum Gasteiger partial charge on any atom is -0.462 e. The highest BCUT2D eigenvalue weighted by Crippen LogP contribution is 2.28. The number of rotatable bonds is 6. The third-order valence-corrected chi connectivity index (χ3v) is 4.80. The Morgan fingerprint density at radius 3 is 2.45 bits per heavy atom. The van der Waals surface area contributed by atoms with Crippen LogP contribution in [0.2, 0.25) is 0 Å². The van der Waals surface area contributed by atoms with Crippen LogP contribution < -0.4 is 11.1 Å². The zero-order valence-corrected chi connectivity index (χ0v) is 16.8. The third kappa shape index (κ3) is 3.89. The summed E-state index contributed by atoms with van der Waals surface area (Å²) in [5.41, 5.74) is 8.83. The molecule has 0 bridgehead atoms. The SMILES string of the molecule is CCOC(=O)c1c(N)n(CCNC(=O)c2ccc(F)cc2)c2nc3ccccc3nc12. The molecule has 0 aliphatic carbocycles. The molecule has 158 valence electrons. The van der Waals surface area contributed by atoms with Gasteiger partial charge in [0.1, 0.15) is 22.7 Å². The molecule has 0 saturated carbocycles. The number of nitrogens with zero attached hydrogens (tertiary/aromatic N) is 3. The van der Waals surface area contributed by atoms with Crippen LogP contribution in [0.3, 0.4) is 0 Å². The first-order valence-corrected chi connectivity index (χ1v) is 9.75. The lowest BCUT2D eigenvalue weighted by Crippen LogP contribution is -2.27. The number of hydrogen-bond acceptors (Lipinski definition) is 6. The summed E-state index contributed by atoms with van der Waals surface area (Å²) in [6, 6.07) is 12.5. The molecule has 4 aromatic rings. The summed E-state index contributed by atoms with van der Waals surface area (Å²) < 4.78 is 19.8. The van der Waals surface area contributed by atoms with Crippen molar-refractivity contribution in [2.45, 2.75) is 13.5 Å². The van der Waals surface area contributed by atoms with E-state index in [0.717, 1.165) is 0 Å². The van der Waals surface area contributed by atoms with Crippen molar-refractivity contribution >= 4 is 39.9 Å². The molecule has 0 radical (unpaired) electrons. The first kappa shape index (κ1) is 20.3. The molecule has 0 aliphatic rings. The van der Waals surface area contributed by atoms with Gasteiger partial charge in [-0.05, 0) is 43.3 Å². The number of hydrogen-bond donors (Lipinski definition) is 2. The largest absolute Gasteiger partial charge is 0.462 e. The number of nitrogens with two attached hydrogens (primary N) is 1. The molecule has 9 heteroatoms. The number of nitrogens with one attached hydrogen (secondary N) is 1. The van der Waals surface area contributed by atoms with Crippen LogP contribution in [0.1, 0.15) is 27.6 Å². The average molecular weight is 421 g/mol. The number of para-hydroxylation sites is 2. The number of carbonyl (C=O) groups is 2. The van der Waals surface area contributed by atoms with E-state index in [2.05, 4.69) is 15.3 Å². The summed E-state index contributed by atoms with van der Waals surface area (Å²) in [5, 5.41) is 2.76. The molecular formula is C22H20FN5O3. The van der Waals surface area contributed by atoms with E-state index in [0.29, 0.717) is 27.8 Å². The Hall–Kier alpha value is -4.01. The molecule has 0 fully saturated rings. The Kier molecular flexibility index (Phi) is 5.48. The lowest BCUT2D eigenvalue weighted by Gasteiger charge is -2.09. The van der Waals surface area contributed by atoms with Gasteiger partial charge in [0.25, 0.3) is 5.91 Å². The van der Waals surface area contributed by atoms with Crippen LogP contribution in [-0.4, -0.2) is 39.6 Å². The number of nitrogen functional groups attached to an aromatic ring is 1. The van der Waals surface area contributed by atoms with Crippen LogP contribution in [0, 0.1) is 5.82 Å². The van der Waals surface area contributed by atoms with Gasteiger partial charge in [-0.1, -0.05) is 12.1 Å². The van der Waals surface area contributed by atoms with Crippen LogP contribution in [0.15, 0.2) is 48.5 Å². The maximum Gasteiger partial charge on any atom is 0.344 e. The van der Waals surface area contributed by atoms with Gasteiger partial charge in [-0.15, -0.1) is 0 Å². The molecule has 2 aromatic carbocycles. The summed E-state index contributed by atoms with van der Waals surface area (Å²) in [7, 11) is 0. The van der Waals surface area contributed by atoms with Gasteiger partial charge in [0.15, 0.2) is 5.65 Å². The van der Waals surface area contributed by atoms with Crippen molar-refractivity contribution in [3.63, 3.8) is 0 Å². The highest BCUT2D eigenvalue weighted by molar-refractivity contribution is 6.08. The van der Waals surface area contributed by atoms with Crippen LogP contribution >= 0.6 is 0 Å². The highest BCUT2D eigenvalue weighted by atomic mass is 19.1. The number of ether oxygens (including phenoxy) is 1. The first-order valence-electron chi connectivity index (χ1n) is 9.75. The monoisotopic (exact) mass is 421 g/mol. The van der Waals surface area contributed by atoms with Gasteiger partial charge in [0.2, 0.25) is 0 Å². The molecule has 4 rings (SSSR count). The van der Waals surface area contributed by atoms with E-state index in [1.165, 1.54) is 24.3 Å². The summed E-state index contributed by atoms with van der Waals surface area (Å²) in [4.78, 5) is 34.0. The molecule has 3 N–H and O–H groups in total. The Morgan fingerprint density at radius 2 is 1.77 bits per heavy atom. The van der Waals surface area contributed by atoms with Crippen LogP contribution in [-0.2, 0) is 11.3 Å².